The molecular weight excluding hydrogens is 362 g/mol. The number of carbonyl (C=O) groups is 2. The lowest BCUT2D eigenvalue weighted by Gasteiger charge is -2.49. The molecule has 4 rings (SSSR count). The van der Waals surface area contributed by atoms with E-state index in [4.69, 9.17) is 0 Å². The first-order chi connectivity index (χ1) is 14.1. The largest absolute Gasteiger partial charge is 0.345 e. The normalized spacial score (nSPS) is 21.4. The van der Waals surface area contributed by atoms with Crippen LogP contribution in [0.4, 0.5) is 0 Å². The number of likely N-dealkylation sites (tertiary alicyclic amines) is 2. The minimum atomic E-state index is -0.0669. The van der Waals surface area contributed by atoms with Gasteiger partial charge in [-0.3, -0.25) is 14.6 Å². The Bertz CT molecular complexity index is 845. The third-order valence-electron chi connectivity index (χ3n) is 6.61. The zero-order valence-electron chi connectivity index (χ0n) is 17.1. The van der Waals surface area contributed by atoms with Crippen LogP contribution in [0.1, 0.15) is 42.7 Å². The highest BCUT2D eigenvalue weighted by Crippen LogP contribution is 2.45. The van der Waals surface area contributed by atoms with Crippen molar-refractivity contribution in [1.29, 1.82) is 0 Å². The van der Waals surface area contributed by atoms with Crippen LogP contribution in [0, 0.1) is 5.41 Å². The number of benzene rings is 1. The number of hydrogen-bond acceptors (Lipinski definition) is 3. The second-order valence-corrected chi connectivity index (χ2v) is 8.60. The van der Waals surface area contributed by atoms with Crippen molar-refractivity contribution in [1.82, 2.24) is 14.8 Å². The minimum absolute atomic E-state index is 0.0669. The molecule has 0 bridgehead atoms. The van der Waals surface area contributed by atoms with E-state index in [0.717, 1.165) is 56.4 Å². The molecule has 2 fully saturated rings. The van der Waals surface area contributed by atoms with E-state index in [-0.39, 0.29) is 23.1 Å². The highest BCUT2D eigenvalue weighted by atomic mass is 16.2. The molecule has 2 aliphatic rings. The molecule has 0 N–H and O–H groups in total. The van der Waals surface area contributed by atoms with Crippen LogP contribution < -0.4 is 0 Å². The molecule has 1 aromatic carbocycles. The second kappa shape index (κ2) is 8.36. The first-order valence-corrected chi connectivity index (χ1v) is 10.5. The van der Waals surface area contributed by atoms with Crippen molar-refractivity contribution in [3.8, 4) is 0 Å². The summed E-state index contributed by atoms with van der Waals surface area (Å²) in [5.74, 6) is 0.378. The van der Waals surface area contributed by atoms with Gasteiger partial charge in [-0.25, -0.2) is 0 Å². The van der Waals surface area contributed by atoms with Gasteiger partial charge in [0.05, 0.1) is 5.92 Å². The highest BCUT2D eigenvalue weighted by molar-refractivity contribution is 5.84. The Kier molecular flexibility index (Phi) is 5.65. The Balaban J connectivity index is 1.37. The Morgan fingerprint density at radius 3 is 2.59 bits per heavy atom. The smallest absolute Gasteiger partial charge is 0.229 e. The SMILES string of the molecule is CN1CC2(CCN(C(=O)CCc3cccnc3)CC2)C[C@H](c2ccccc2)C1=O. The van der Waals surface area contributed by atoms with E-state index in [9.17, 15) is 9.59 Å². The number of hydrogen-bond donors (Lipinski definition) is 0. The van der Waals surface area contributed by atoms with Crippen LogP contribution in [0.2, 0.25) is 0 Å². The summed E-state index contributed by atoms with van der Waals surface area (Å²) in [5, 5.41) is 0. The summed E-state index contributed by atoms with van der Waals surface area (Å²) < 4.78 is 0. The number of aromatic nitrogens is 1. The van der Waals surface area contributed by atoms with Crippen LogP contribution in [0.15, 0.2) is 54.9 Å². The molecule has 2 saturated heterocycles. The van der Waals surface area contributed by atoms with Gasteiger partial charge in [-0.15, -0.1) is 0 Å². The van der Waals surface area contributed by atoms with Gasteiger partial charge in [-0.1, -0.05) is 36.4 Å². The summed E-state index contributed by atoms with van der Waals surface area (Å²) in [6.45, 7) is 2.37. The van der Waals surface area contributed by atoms with Crippen molar-refractivity contribution in [2.45, 2.75) is 38.0 Å². The van der Waals surface area contributed by atoms with E-state index in [1.165, 1.54) is 0 Å². The second-order valence-electron chi connectivity index (χ2n) is 8.60. The summed E-state index contributed by atoms with van der Waals surface area (Å²) in [7, 11) is 1.92. The average molecular weight is 392 g/mol. The van der Waals surface area contributed by atoms with Crippen LogP contribution >= 0.6 is 0 Å². The van der Waals surface area contributed by atoms with Crippen molar-refractivity contribution >= 4 is 11.8 Å². The number of piperidine rings is 2. The molecule has 2 amide bonds. The van der Waals surface area contributed by atoms with Crippen molar-refractivity contribution in [3.05, 3.63) is 66.0 Å². The lowest BCUT2D eigenvalue weighted by molar-refractivity contribution is -0.143. The van der Waals surface area contributed by atoms with Gasteiger partial charge >= 0.3 is 0 Å². The van der Waals surface area contributed by atoms with Crippen molar-refractivity contribution in [2.24, 2.45) is 5.41 Å². The number of carbonyl (C=O) groups excluding carboxylic acids is 2. The Morgan fingerprint density at radius 1 is 1.14 bits per heavy atom. The summed E-state index contributed by atoms with van der Waals surface area (Å²) in [5.41, 5.74) is 2.33. The van der Waals surface area contributed by atoms with Gasteiger partial charge in [-0.2, -0.15) is 0 Å². The topological polar surface area (TPSA) is 53.5 Å². The van der Waals surface area contributed by atoms with E-state index in [1.807, 2.05) is 53.4 Å². The maximum atomic E-state index is 12.8. The van der Waals surface area contributed by atoms with E-state index in [0.29, 0.717) is 6.42 Å². The highest BCUT2D eigenvalue weighted by Gasteiger charge is 2.45. The molecular formula is C24H29N3O2. The predicted molar refractivity (Wildman–Crippen MR) is 112 cm³/mol. The molecule has 2 aromatic rings. The van der Waals surface area contributed by atoms with Crippen molar-refractivity contribution in [2.75, 3.05) is 26.7 Å². The van der Waals surface area contributed by atoms with Gasteiger partial charge in [0, 0.05) is 45.5 Å². The number of likely N-dealkylation sites (N-methyl/N-ethyl adjacent to an activating group) is 1. The molecule has 0 saturated carbocycles. The molecule has 152 valence electrons. The molecule has 0 radical (unpaired) electrons. The third-order valence-corrected chi connectivity index (χ3v) is 6.61. The summed E-state index contributed by atoms with van der Waals surface area (Å²) in [6.07, 6.45) is 7.67. The fourth-order valence-electron chi connectivity index (χ4n) is 4.93. The monoisotopic (exact) mass is 391 g/mol. The van der Waals surface area contributed by atoms with Crippen molar-refractivity contribution < 1.29 is 9.59 Å². The number of pyridine rings is 1. The first-order valence-electron chi connectivity index (χ1n) is 10.5. The molecule has 2 aliphatic heterocycles. The Morgan fingerprint density at radius 2 is 1.90 bits per heavy atom. The summed E-state index contributed by atoms with van der Waals surface area (Å²) >= 11 is 0. The number of aryl methyl sites for hydroxylation is 1. The Labute approximate surface area is 172 Å². The quantitative estimate of drug-likeness (QED) is 0.804. The molecule has 29 heavy (non-hydrogen) atoms. The lowest BCUT2D eigenvalue weighted by atomic mass is 9.67. The minimum Gasteiger partial charge on any atom is -0.345 e. The van der Waals surface area contributed by atoms with Gasteiger partial charge in [0.1, 0.15) is 0 Å². The molecule has 5 heteroatoms. The van der Waals surface area contributed by atoms with Crippen LogP contribution in [0.25, 0.3) is 0 Å². The van der Waals surface area contributed by atoms with E-state index in [1.54, 1.807) is 6.20 Å². The average Bonchev–Trinajstić information content (AvgIpc) is 2.76. The van der Waals surface area contributed by atoms with Crippen LogP contribution in [0.5, 0.6) is 0 Å². The molecule has 0 aliphatic carbocycles. The summed E-state index contributed by atoms with van der Waals surface area (Å²) in [6, 6.07) is 14.1. The number of rotatable bonds is 4. The maximum Gasteiger partial charge on any atom is 0.229 e. The maximum absolute atomic E-state index is 12.8. The van der Waals surface area contributed by atoms with E-state index in [2.05, 4.69) is 17.1 Å². The molecule has 0 unspecified atom stereocenters. The Hall–Kier alpha value is -2.69. The number of amides is 2. The van der Waals surface area contributed by atoms with Crippen molar-refractivity contribution in [3.63, 3.8) is 0 Å². The van der Waals surface area contributed by atoms with Gasteiger partial charge in [0.2, 0.25) is 11.8 Å². The molecule has 1 atom stereocenters. The van der Waals surface area contributed by atoms with E-state index < -0.39 is 0 Å². The van der Waals surface area contributed by atoms with E-state index >= 15 is 0 Å². The fraction of sp³-hybridized carbons (Fsp3) is 0.458. The zero-order valence-corrected chi connectivity index (χ0v) is 17.1. The third kappa shape index (κ3) is 4.34. The molecule has 3 heterocycles. The van der Waals surface area contributed by atoms with Crippen LogP contribution in [0.3, 0.4) is 0 Å². The van der Waals surface area contributed by atoms with Crippen LogP contribution in [-0.4, -0.2) is 53.3 Å². The van der Waals surface area contributed by atoms with Gasteiger partial charge in [0.25, 0.3) is 0 Å². The van der Waals surface area contributed by atoms with Gasteiger partial charge < -0.3 is 9.80 Å². The lowest BCUT2D eigenvalue weighted by Crippen LogP contribution is -2.53. The predicted octanol–water partition coefficient (Wildman–Crippen LogP) is 3.27. The molecule has 1 aromatic heterocycles. The van der Waals surface area contributed by atoms with Gasteiger partial charge in [-0.05, 0) is 48.3 Å². The van der Waals surface area contributed by atoms with Gasteiger partial charge in [0.15, 0.2) is 0 Å². The summed E-state index contributed by atoms with van der Waals surface area (Å²) in [4.78, 5) is 33.5. The molecule has 5 nitrogen and oxygen atoms in total. The standard InChI is InChI=1S/C24H29N3O2/c1-26-18-24(16-21(23(26)29)20-7-3-2-4-8-20)11-14-27(15-12-24)22(28)10-9-19-6-5-13-25-17-19/h2-8,13,17,21H,9-12,14-16,18H2,1H3/t21-/m1/s1. The first kappa shape index (κ1) is 19.6. The number of nitrogens with zero attached hydrogens (tertiary/aromatic N) is 3. The zero-order chi connectivity index (χ0) is 20.3. The molecule has 1 spiro atoms. The fourth-order valence-corrected chi connectivity index (χ4v) is 4.93. The van der Waals surface area contributed by atoms with Crippen LogP contribution in [-0.2, 0) is 16.0 Å².